The molecule has 1 fully saturated rings. The molecule has 0 aromatic carbocycles. The molecule has 3 heterocycles. The Hall–Kier alpha value is -2.31. The largest absolute Gasteiger partial charge is 0.333 e. The lowest BCUT2D eigenvalue weighted by Gasteiger charge is -2.35. The standard InChI is InChI=1S/C17H26N6O/c1-4-13-12-15(21(3)20-13)19-17(24)23-10-7-6-8-14(23)16-18-9-11-22(16)5-2/h9,11-12,14H,4-8,10H2,1-3H3,(H,19,24). The van der Waals surface area contributed by atoms with Gasteiger partial charge in [0.15, 0.2) is 0 Å². The van der Waals surface area contributed by atoms with Crippen molar-refractivity contribution >= 4 is 11.8 Å². The van der Waals surface area contributed by atoms with Gasteiger partial charge in [-0.05, 0) is 32.6 Å². The number of likely N-dealkylation sites (tertiary alicyclic amines) is 1. The van der Waals surface area contributed by atoms with Crippen LogP contribution in [0.2, 0.25) is 0 Å². The molecular weight excluding hydrogens is 304 g/mol. The molecular formula is C17H26N6O. The summed E-state index contributed by atoms with van der Waals surface area (Å²) in [5.41, 5.74) is 0.976. The molecule has 0 radical (unpaired) electrons. The molecule has 2 aromatic heterocycles. The number of urea groups is 1. The number of amides is 2. The maximum absolute atomic E-state index is 12.9. The Labute approximate surface area is 142 Å². The SMILES string of the molecule is CCc1cc(NC(=O)N2CCCCC2c2nccn2CC)n(C)n1. The van der Waals surface area contributed by atoms with Crippen molar-refractivity contribution in [3.63, 3.8) is 0 Å². The third kappa shape index (κ3) is 3.16. The summed E-state index contributed by atoms with van der Waals surface area (Å²) < 4.78 is 3.85. The molecule has 3 rings (SSSR count). The number of aryl methyl sites for hydroxylation is 3. The van der Waals surface area contributed by atoms with E-state index in [2.05, 4.69) is 33.8 Å². The normalized spacial score (nSPS) is 18.0. The molecule has 7 heteroatoms. The Morgan fingerprint density at radius 1 is 1.38 bits per heavy atom. The number of carbonyl (C=O) groups excluding carboxylic acids is 1. The van der Waals surface area contributed by atoms with E-state index in [0.29, 0.717) is 0 Å². The maximum atomic E-state index is 12.9. The zero-order valence-electron chi connectivity index (χ0n) is 14.7. The van der Waals surface area contributed by atoms with E-state index < -0.39 is 0 Å². The van der Waals surface area contributed by atoms with Crippen LogP contribution in [0.15, 0.2) is 18.5 Å². The van der Waals surface area contributed by atoms with Gasteiger partial charge in [0, 0.05) is 38.6 Å². The third-order valence-electron chi connectivity index (χ3n) is 4.68. The van der Waals surface area contributed by atoms with Crippen molar-refractivity contribution < 1.29 is 4.79 Å². The van der Waals surface area contributed by atoms with Gasteiger partial charge >= 0.3 is 6.03 Å². The molecule has 0 saturated carbocycles. The van der Waals surface area contributed by atoms with Crippen molar-refractivity contribution in [2.75, 3.05) is 11.9 Å². The van der Waals surface area contributed by atoms with Gasteiger partial charge in [-0.2, -0.15) is 5.10 Å². The van der Waals surface area contributed by atoms with Crippen LogP contribution in [-0.4, -0.2) is 36.8 Å². The number of nitrogens with one attached hydrogen (secondary N) is 1. The molecule has 130 valence electrons. The second kappa shape index (κ2) is 7.07. The first-order valence-electron chi connectivity index (χ1n) is 8.75. The zero-order valence-corrected chi connectivity index (χ0v) is 14.7. The molecule has 1 unspecified atom stereocenters. The highest BCUT2D eigenvalue weighted by atomic mass is 16.2. The van der Waals surface area contributed by atoms with Crippen LogP contribution in [0.25, 0.3) is 0 Å². The van der Waals surface area contributed by atoms with Gasteiger partial charge in [0.25, 0.3) is 0 Å². The summed E-state index contributed by atoms with van der Waals surface area (Å²) in [6, 6.07) is 1.90. The number of rotatable bonds is 4. The van der Waals surface area contributed by atoms with Crippen LogP contribution in [0.3, 0.4) is 0 Å². The first kappa shape index (κ1) is 16.5. The Kier molecular flexibility index (Phi) is 4.87. The molecule has 1 aliphatic heterocycles. The average molecular weight is 330 g/mol. The van der Waals surface area contributed by atoms with Gasteiger partial charge in [0.2, 0.25) is 0 Å². The van der Waals surface area contributed by atoms with Gasteiger partial charge in [-0.1, -0.05) is 6.92 Å². The minimum Gasteiger partial charge on any atom is -0.333 e. The monoisotopic (exact) mass is 330 g/mol. The fourth-order valence-electron chi connectivity index (χ4n) is 3.33. The van der Waals surface area contributed by atoms with Crippen LogP contribution in [-0.2, 0) is 20.0 Å². The minimum atomic E-state index is -0.0731. The van der Waals surface area contributed by atoms with Crippen molar-refractivity contribution in [3.05, 3.63) is 30.0 Å². The van der Waals surface area contributed by atoms with Crippen molar-refractivity contribution in [1.82, 2.24) is 24.2 Å². The van der Waals surface area contributed by atoms with E-state index in [1.54, 1.807) is 4.68 Å². The number of hydrogen-bond acceptors (Lipinski definition) is 3. The summed E-state index contributed by atoms with van der Waals surface area (Å²) in [4.78, 5) is 19.3. The highest BCUT2D eigenvalue weighted by molar-refractivity contribution is 5.88. The van der Waals surface area contributed by atoms with Crippen LogP contribution >= 0.6 is 0 Å². The lowest BCUT2D eigenvalue weighted by molar-refractivity contribution is 0.157. The van der Waals surface area contributed by atoms with E-state index in [4.69, 9.17) is 0 Å². The highest BCUT2D eigenvalue weighted by Gasteiger charge is 2.31. The molecule has 2 amide bonds. The maximum Gasteiger partial charge on any atom is 0.323 e. The molecule has 1 aliphatic rings. The van der Waals surface area contributed by atoms with E-state index >= 15 is 0 Å². The number of imidazole rings is 1. The number of carbonyl (C=O) groups is 1. The Bertz CT molecular complexity index is 704. The number of anilines is 1. The van der Waals surface area contributed by atoms with Gasteiger partial charge in [0.05, 0.1) is 11.7 Å². The lowest BCUT2D eigenvalue weighted by Crippen LogP contribution is -2.42. The van der Waals surface area contributed by atoms with Crippen molar-refractivity contribution in [2.24, 2.45) is 7.05 Å². The summed E-state index contributed by atoms with van der Waals surface area (Å²) in [6.45, 7) is 5.77. The van der Waals surface area contributed by atoms with Gasteiger partial charge in [0.1, 0.15) is 11.6 Å². The molecule has 0 bridgehead atoms. The minimum absolute atomic E-state index is 0.0348. The Balaban J connectivity index is 1.79. The summed E-state index contributed by atoms with van der Waals surface area (Å²) in [5, 5.41) is 7.41. The second-order valence-electron chi connectivity index (χ2n) is 6.20. The Morgan fingerprint density at radius 2 is 2.21 bits per heavy atom. The molecule has 2 aromatic rings. The van der Waals surface area contributed by atoms with E-state index in [1.165, 1.54) is 0 Å². The van der Waals surface area contributed by atoms with Crippen molar-refractivity contribution in [2.45, 2.75) is 52.1 Å². The fraction of sp³-hybridized carbons (Fsp3) is 0.588. The van der Waals surface area contributed by atoms with E-state index in [-0.39, 0.29) is 12.1 Å². The van der Waals surface area contributed by atoms with Gasteiger partial charge in [-0.3, -0.25) is 10.00 Å². The summed E-state index contributed by atoms with van der Waals surface area (Å²) in [6.07, 6.45) is 7.76. The molecule has 0 spiro atoms. The summed E-state index contributed by atoms with van der Waals surface area (Å²) in [7, 11) is 1.85. The van der Waals surface area contributed by atoms with E-state index in [9.17, 15) is 4.79 Å². The van der Waals surface area contributed by atoms with E-state index in [1.807, 2.05) is 30.4 Å². The van der Waals surface area contributed by atoms with Crippen LogP contribution in [0.4, 0.5) is 10.6 Å². The number of nitrogens with zero attached hydrogens (tertiary/aromatic N) is 5. The molecule has 7 nitrogen and oxygen atoms in total. The van der Waals surface area contributed by atoms with Crippen LogP contribution in [0, 0.1) is 0 Å². The van der Waals surface area contributed by atoms with Crippen molar-refractivity contribution in [1.29, 1.82) is 0 Å². The van der Waals surface area contributed by atoms with Crippen LogP contribution < -0.4 is 5.32 Å². The zero-order chi connectivity index (χ0) is 17.1. The smallest absolute Gasteiger partial charge is 0.323 e. The molecule has 24 heavy (non-hydrogen) atoms. The molecule has 0 aliphatic carbocycles. The molecule has 1 atom stereocenters. The quantitative estimate of drug-likeness (QED) is 0.937. The van der Waals surface area contributed by atoms with E-state index in [0.717, 1.165) is 56.1 Å². The topological polar surface area (TPSA) is 68.0 Å². The average Bonchev–Trinajstić information content (AvgIpc) is 3.21. The third-order valence-corrected chi connectivity index (χ3v) is 4.68. The summed E-state index contributed by atoms with van der Waals surface area (Å²) in [5.74, 6) is 1.71. The number of hydrogen-bond donors (Lipinski definition) is 1. The number of aromatic nitrogens is 4. The lowest BCUT2D eigenvalue weighted by atomic mass is 10.0. The first-order valence-corrected chi connectivity index (χ1v) is 8.75. The van der Waals surface area contributed by atoms with Gasteiger partial charge in [-0.25, -0.2) is 9.78 Å². The van der Waals surface area contributed by atoms with Crippen molar-refractivity contribution in [3.8, 4) is 0 Å². The van der Waals surface area contributed by atoms with Gasteiger partial charge < -0.3 is 9.47 Å². The second-order valence-corrected chi connectivity index (χ2v) is 6.20. The molecule has 1 N–H and O–H groups in total. The summed E-state index contributed by atoms with van der Waals surface area (Å²) >= 11 is 0. The number of piperidine rings is 1. The first-order chi connectivity index (χ1) is 11.6. The molecule has 1 saturated heterocycles. The van der Waals surface area contributed by atoms with Crippen LogP contribution in [0.1, 0.15) is 50.7 Å². The van der Waals surface area contributed by atoms with Gasteiger partial charge in [-0.15, -0.1) is 0 Å². The predicted molar refractivity (Wildman–Crippen MR) is 92.8 cm³/mol. The fourth-order valence-corrected chi connectivity index (χ4v) is 3.33. The predicted octanol–water partition coefficient (Wildman–Crippen LogP) is 2.96. The Morgan fingerprint density at radius 3 is 2.92 bits per heavy atom. The highest BCUT2D eigenvalue weighted by Crippen LogP contribution is 2.30. The van der Waals surface area contributed by atoms with Crippen LogP contribution in [0.5, 0.6) is 0 Å².